The highest BCUT2D eigenvalue weighted by Gasteiger charge is 2.16. The Morgan fingerprint density at radius 2 is 1.71 bits per heavy atom. The third-order valence-electron chi connectivity index (χ3n) is 3.67. The molecule has 126 valence electrons. The third kappa shape index (κ3) is 8.94. The lowest BCUT2D eigenvalue weighted by Gasteiger charge is -2.30. The van der Waals surface area contributed by atoms with Crippen molar-refractivity contribution >= 4 is 5.96 Å². The molecule has 5 heteroatoms. The van der Waals surface area contributed by atoms with Gasteiger partial charge in [0, 0.05) is 45.9 Å². The summed E-state index contributed by atoms with van der Waals surface area (Å²) < 4.78 is 5.39. The molecule has 0 saturated heterocycles. The summed E-state index contributed by atoms with van der Waals surface area (Å²) in [6.07, 6.45) is 1.10. The third-order valence-corrected chi connectivity index (χ3v) is 3.67. The molecule has 0 rings (SSSR count). The zero-order valence-electron chi connectivity index (χ0n) is 15.3. The highest BCUT2D eigenvalue weighted by Crippen LogP contribution is 2.05. The number of hydrogen-bond acceptors (Lipinski definition) is 3. The van der Waals surface area contributed by atoms with E-state index in [1.165, 1.54) is 0 Å². The number of ether oxygens (including phenoxy) is 1. The van der Waals surface area contributed by atoms with E-state index in [-0.39, 0.29) is 5.60 Å². The van der Waals surface area contributed by atoms with E-state index < -0.39 is 0 Å². The summed E-state index contributed by atoms with van der Waals surface area (Å²) in [6.45, 7) is 15.9. The number of guanidine groups is 1. The lowest BCUT2D eigenvalue weighted by Crippen LogP contribution is -2.46. The fourth-order valence-electron chi connectivity index (χ4n) is 2.17. The Morgan fingerprint density at radius 1 is 1.14 bits per heavy atom. The molecule has 0 fully saturated rings. The molecule has 0 aliphatic carbocycles. The Morgan fingerprint density at radius 3 is 2.14 bits per heavy atom. The lowest BCUT2D eigenvalue weighted by molar-refractivity contribution is 0.0268. The van der Waals surface area contributed by atoms with Gasteiger partial charge in [-0.3, -0.25) is 9.89 Å². The maximum absolute atomic E-state index is 5.39. The van der Waals surface area contributed by atoms with E-state index in [1.807, 2.05) is 0 Å². The van der Waals surface area contributed by atoms with Crippen molar-refractivity contribution in [2.45, 2.75) is 65.6 Å². The molecule has 0 radical (unpaired) electrons. The fraction of sp³-hybridized carbons (Fsp3) is 0.938. The molecule has 0 aromatic rings. The first kappa shape index (κ1) is 20.2. The molecule has 2 N–H and O–H groups in total. The van der Waals surface area contributed by atoms with Crippen molar-refractivity contribution in [1.82, 2.24) is 15.5 Å². The van der Waals surface area contributed by atoms with E-state index in [9.17, 15) is 0 Å². The molecule has 0 amide bonds. The van der Waals surface area contributed by atoms with Crippen molar-refractivity contribution in [2.24, 2.45) is 4.99 Å². The van der Waals surface area contributed by atoms with Crippen molar-refractivity contribution in [3.63, 3.8) is 0 Å². The van der Waals surface area contributed by atoms with Crippen LogP contribution in [0.1, 0.15) is 48.0 Å². The molecule has 0 unspecified atom stereocenters. The summed E-state index contributed by atoms with van der Waals surface area (Å²) >= 11 is 0. The standard InChI is InChI=1S/C16H36N4O/c1-13(2)20(14(3)4)11-9-10-18-15(17-7)19-12-16(5,6)21-8/h13-14H,9-12H2,1-8H3,(H2,17,18,19). The maximum atomic E-state index is 5.39. The molecular weight excluding hydrogens is 264 g/mol. The van der Waals surface area contributed by atoms with Gasteiger partial charge in [0.2, 0.25) is 0 Å². The van der Waals surface area contributed by atoms with Crippen LogP contribution in [0.3, 0.4) is 0 Å². The van der Waals surface area contributed by atoms with Crippen LogP contribution in [0.15, 0.2) is 4.99 Å². The average molecular weight is 300 g/mol. The number of aliphatic imine (C=N–C) groups is 1. The van der Waals surface area contributed by atoms with Gasteiger partial charge in [0.1, 0.15) is 0 Å². The minimum absolute atomic E-state index is 0.191. The first-order valence-electron chi connectivity index (χ1n) is 7.99. The van der Waals surface area contributed by atoms with E-state index >= 15 is 0 Å². The number of hydrogen-bond donors (Lipinski definition) is 2. The molecule has 5 nitrogen and oxygen atoms in total. The smallest absolute Gasteiger partial charge is 0.191 e. The average Bonchev–Trinajstić information content (AvgIpc) is 2.41. The van der Waals surface area contributed by atoms with Gasteiger partial charge in [-0.25, -0.2) is 0 Å². The number of nitrogens with zero attached hydrogens (tertiary/aromatic N) is 2. The largest absolute Gasteiger partial charge is 0.377 e. The maximum Gasteiger partial charge on any atom is 0.191 e. The predicted molar refractivity (Wildman–Crippen MR) is 92.0 cm³/mol. The molecular formula is C16H36N4O. The quantitative estimate of drug-likeness (QED) is 0.389. The number of rotatable bonds is 9. The van der Waals surface area contributed by atoms with Crippen LogP contribution in [0.5, 0.6) is 0 Å². The molecule has 0 aliphatic heterocycles. The van der Waals surface area contributed by atoms with Gasteiger partial charge in [0.15, 0.2) is 5.96 Å². The summed E-state index contributed by atoms with van der Waals surface area (Å²) in [7, 11) is 3.52. The lowest BCUT2D eigenvalue weighted by atomic mass is 10.1. The molecule has 0 heterocycles. The van der Waals surface area contributed by atoms with Gasteiger partial charge >= 0.3 is 0 Å². The number of nitrogens with one attached hydrogen (secondary N) is 2. The van der Waals surface area contributed by atoms with Crippen molar-refractivity contribution in [1.29, 1.82) is 0 Å². The first-order valence-corrected chi connectivity index (χ1v) is 7.99. The van der Waals surface area contributed by atoms with E-state index in [4.69, 9.17) is 4.74 Å². The molecule has 0 spiro atoms. The molecule has 21 heavy (non-hydrogen) atoms. The van der Waals surface area contributed by atoms with Crippen LogP contribution in [-0.2, 0) is 4.74 Å². The highest BCUT2D eigenvalue weighted by molar-refractivity contribution is 5.79. The SMILES string of the molecule is CN=C(NCCCN(C(C)C)C(C)C)NCC(C)(C)OC. The van der Waals surface area contributed by atoms with Crippen LogP contribution in [0.25, 0.3) is 0 Å². The van der Waals surface area contributed by atoms with Gasteiger partial charge in [0.05, 0.1) is 5.60 Å². The summed E-state index contributed by atoms with van der Waals surface area (Å²) in [5.41, 5.74) is -0.191. The van der Waals surface area contributed by atoms with E-state index in [2.05, 4.69) is 62.1 Å². The van der Waals surface area contributed by atoms with E-state index in [0.717, 1.165) is 32.0 Å². The monoisotopic (exact) mass is 300 g/mol. The Kier molecular flexibility index (Phi) is 9.62. The summed E-state index contributed by atoms with van der Waals surface area (Å²) in [5, 5.41) is 6.65. The fourth-order valence-corrected chi connectivity index (χ4v) is 2.17. The summed E-state index contributed by atoms with van der Waals surface area (Å²) in [4.78, 5) is 6.74. The Balaban J connectivity index is 4.03. The van der Waals surface area contributed by atoms with E-state index in [0.29, 0.717) is 12.1 Å². The van der Waals surface area contributed by atoms with Crippen LogP contribution < -0.4 is 10.6 Å². The minimum Gasteiger partial charge on any atom is -0.377 e. The van der Waals surface area contributed by atoms with Gasteiger partial charge in [-0.1, -0.05) is 0 Å². The van der Waals surface area contributed by atoms with Gasteiger partial charge in [-0.2, -0.15) is 0 Å². The molecule has 0 atom stereocenters. The van der Waals surface area contributed by atoms with Crippen molar-refractivity contribution in [2.75, 3.05) is 33.8 Å². The molecule has 0 aromatic heterocycles. The Bertz CT molecular complexity index is 293. The van der Waals surface area contributed by atoms with Gasteiger partial charge in [-0.15, -0.1) is 0 Å². The highest BCUT2D eigenvalue weighted by atomic mass is 16.5. The molecule has 0 bridgehead atoms. The van der Waals surface area contributed by atoms with Crippen LogP contribution >= 0.6 is 0 Å². The minimum atomic E-state index is -0.191. The van der Waals surface area contributed by atoms with Crippen LogP contribution in [0.4, 0.5) is 0 Å². The van der Waals surface area contributed by atoms with Crippen molar-refractivity contribution in [3.8, 4) is 0 Å². The van der Waals surface area contributed by atoms with Gasteiger partial charge in [-0.05, 0) is 48.0 Å². The van der Waals surface area contributed by atoms with Crippen LogP contribution in [0.2, 0.25) is 0 Å². The summed E-state index contributed by atoms with van der Waals surface area (Å²) in [6, 6.07) is 1.18. The van der Waals surface area contributed by atoms with Crippen LogP contribution in [-0.4, -0.2) is 62.3 Å². The molecule has 0 aromatic carbocycles. The van der Waals surface area contributed by atoms with Crippen molar-refractivity contribution < 1.29 is 4.74 Å². The number of methoxy groups -OCH3 is 1. The second-order valence-corrected chi connectivity index (χ2v) is 6.60. The normalized spacial score (nSPS) is 13.4. The Hall–Kier alpha value is -0.810. The predicted octanol–water partition coefficient (Wildman–Crippen LogP) is 2.09. The first-order chi connectivity index (χ1) is 9.73. The van der Waals surface area contributed by atoms with Crippen LogP contribution in [0, 0.1) is 0 Å². The second kappa shape index (κ2) is 10.0. The molecule has 0 saturated carbocycles. The van der Waals surface area contributed by atoms with Gasteiger partial charge < -0.3 is 15.4 Å². The zero-order chi connectivity index (χ0) is 16.5. The second-order valence-electron chi connectivity index (χ2n) is 6.60. The van der Waals surface area contributed by atoms with E-state index in [1.54, 1.807) is 14.2 Å². The van der Waals surface area contributed by atoms with Gasteiger partial charge in [0.25, 0.3) is 0 Å². The molecule has 0 aliphatic rings. The Labute approximate surface area is 131 Å². The van der Waals surface area contributed by atoms with Crippen molar-refractivity contribution in [3.05, 3.63) is 0 Å². The topological polar surface area (TPSA) is 48.9 Å². The summed E-state index contributed by atoms with van der Waals surface area (Å²) in [5.74, 6) is 0.834. The zero-order valence-corrected chi connectivity index (χ0v) is 15.3.